The van der Waals surface area contributed by atoms with E-state index in [1.54, 1.807) is 17.0 Å². The van der Waals surface area contributed by atoms with E-state index >= 15 is 0 Å². The third-order valence-corrected chi connectivity index (χ3v) is 5.42. The summed E-state index contributed by atoms with van der Waals surface area (Å²) in [4.78, 5) is 22.5. The molecular weight excluding hydrogens is 378 g/mol. The van der Waals surface area contributed by atoms with Crippen molar-refractivity contribution in [3.8, 4) is 0 Å². The van der Waals surface area contributed by atoms with Gasteiger partial charge in [-0.1, -0.05) is 23.7 Å². The van der Waals surface area contributed by atoms with Gasteiger partial charge in [-0.25, -0.2) is 4.98 Å². The van der Waals surface area contributed by atoms with Crippen molar-refractivity contribution in [2.24, 2.45) is 0 Å². The van der Waals surface area contributed by atoms with Gasteiger partial charge >= 0.3 is 0 Å². The van der Waals surface area contributed by atoms with Crippen molar-refractivity contribution in [2.45, 2.75) is 20.4 Å². The van der Waals surface area contributed by atoms with Gasteiger partial charge in [0.2, 0.25) is 0 Å². The lowest BCUT2D eigenvalue weighted by molar-refractivity contribution is 0.0988. The monoisotopic (exact) mass is 399 g/mol. The van der Waals surface area contributed by atoms with Crippen LogP contribution in [-0.2, 0) is 6.54 Å². The van der Waals surface area contributed by atoms with E-state index in [4.69, 9.17) is 16.6 Å². The zero-order valence-electron chi connectivity index (χ0n) is 15.4. The molecule has 1 amide bonds. The summed E-state index contributed by atoms with van der Waals surface area (Å²) >= 11 is 7.46. The Morgan fingerprint density at radius 1 is 1.04 bits per heavy atom. The molecule has 0 saturated carbocycles. The van der Waals surface area contributed by atoms with Gasteiger partial charge in [0.25, 0.3) is 5.91 Å². The summed E-state index contributed by atoms with van der Waals surface area (Å²) in [5, 5.41) is 2.55. The number of pyridine rings is 1. The van der Waals surface area contributed by atoms with Gasteiger partial charge in [-0.15, -0.1) is 11.3 Å². The topological polar surface area (TPSA) is 36.4 Å². The quantitative estimate of drug-likeness (QED) is 0.527. The maximum atomic E-state index is 13.1. The Morgan fingerprint density at radius 3 is 2.41 bits per heavy atom. The third-order valence-electron chi connectivity index (χ3n) is 4.32. The number of amides is 1. The van der Waals surface area contributed by atoms with E-state index in [1.807, 2.05) is 47.8 Å². The second kappa shape index (κ2) is 9.02. The summed E-state index contributed by atoms with van der Waals surface area (Å²) in [6.07, 6.45) is 0. The molecule has 27 heavy (non-hydrogen) atoms. The number of anilines is 2. The number of thiophene rings is 1. The summed E-state index contributed by atoms with van der Waals surface area (Å²) in [5.74, 6) is 0.888. The first-order valence-corrected chi connectivity index (χ1v) is 10.2. The van der Waals surface area contributed by atoms with E-state index in [9.17, 15) is 4.79 Å². The fourth-order valence-electron chi connectivity index (χ4n) is 2.88. The van der Waals surface area contributed by atoms with Crippen molar-refractivity contribution in [2.75, 3.05) is 22.9 Å². The Balaban J connectivity index is 1.93. The Kier molecular flexibility index (Phi) is 6.48. The standard InChI is InChI=1S/C21H22ClN3OS/c1-3-24(4-2)20-9-5-7-17(23-20)15-25(18-12-10-16(22)11-13-18)21(26)19-8-6-14-27-19/h5-14H,3-4,15H2,1-2H3. The molecule has 0 fully saturated rings. The first-order chi connectivity index (χ1) is 13.1. The Labute approximate surface area is 169 Å². The minimum Gasteiger partial charge on any atom is -0.357 e. The van der Waals surface area contributed by atoms with Crippen molar-refractivity contribution in [3.63, 3.8) is 0 Å². The Hall–Kier alpha value is -2.37. The molecule has 3 aromatic rings. The second-order valence-corrected chi connectivity index (χ2v) is 7.39. The number of benzene rings is 1. The molecule has 0 atom stereocenters. The molecule has 6 heteroatoms. The van der Waals surface area contributed by atoms with Crippen LogP contribution in [0.2, 0.25) is 5.02 Å². The lowest BCUT2D eigenvalue weighted by Gasteiger charge is -2.24. The number of halogens is 1. The van der Waals surface area contributed by atoms with Crippen molar-refractivity contribution in [1.29, 1.82) is 0 Å². The lowest BCUT2D eigenvalue weighted by atomic mass is 10.2. The molecule has 140 valence electrons. The normalized spacial score (nSPS) is 10.6. The molecule has 2 aromatic heterocycles. The minimum absolute atomic E-state index is 0.0395. The van der Waals surface area contributed by atoms with Crippen LogP contribution in [0.3, 0.4) is 0 Å². The molecule has 4 nitrogen and oxygen atoms in total. The largest absolute Gasteiger partial charge is 0.357 e. The van der Waals surface area contributed by atoms with E-state index in [1.165, 1.54) is 11.3 Å². The number of hydrogen-bond donors (Lipinski definition) is 0. The van der Waals surface area contributed by atoms with Gasteiger partial charge in [-0.2, -0.15) is 0 Å². The van der Waals surface area contributed by atoms with E-state index in [2.05, 4.69) is 18.7 Å². The highest BCUT2D eigenvalue weighted by molar-refractivity contribution is 7.12. The zero-order valence-corrected chi connectivity index (χ0v) is 17.0. The highest BCUT2D eigenvalue weighted by Crippen LogP contribution is 2.24. The van der Waals surface area contributed by atoms with Crippen LogP contribution in [0.25, 0.3) is 0 Å². The molecule has 0 aliphatic rings. The van der Waals surface area contributed by atoms with Crippen molar-refractivity contribution in [1.82, 2.24) is 4.98 Å². The number of carbonyl (C=O) groups excluding carboxylic acids is 1. The minimum atomic E-state index is -0.0395. The summed E-state index contributed by atoms with van der Waals surface area (Å²) in [7, 11) is 0. The smallest absolute Gasteiger partial charge is 0.268 e. The lowest BCUT2D eigenvalue weighted by Crippen LogP contribution is -2.30. The number of carbonyl (C=O) groups is 1. The number of aromatic nitrogens is 1. The highest BCUT2D eigenvalue weighted by atomic mass is 35.5. The molecule has 0 bridgehead atoms. The van der Waals surface area contributed by atoms with E-state index in [0.29, 0.717) is 16.4 Å². The van der Waals surface area contributed by atoms with Crippen molar-refractivity contribution < 1.29 is 4.79 Å². The molecule has 2 heterocycles. The van der Waals surface area contributed by atoms with Crippen LogP contribution in [-0.4, -0.2) is 24.0 Å². The Morgan fingerprint density at radius 2 is 1.78 bits per heavy atom. The van der Waals surface area contributed by atoms with E-state index in [-0.39, 0.29) is 5.91 Å². The van der Waals surface area contributed by atoms with Crippen LogP contribution in [0.4, 0.5) is 11.5 Å². The van der Waals surface area contributed by atoms with Crippen LogP contribution in [0, 0.1) is 0 Å². The zero-order chi connectivity index (χ0) is 19.2. The molecule has 0 saturated heterocycles. The molecule has 0 aliphatic carbocycles. The Bertz CT molecular complexity index is 877. The summed E-state index contributed by atoms with van der Waals surface area (Å²) < 4.78 is 0. The van der Waals surface area contributed by atoms with Gasteiger partial charge in [0.15, 0.2) is 0 Å². The molecular formula is C21H22ClN3OS. The average Bonchev–Trinajstić information content (AvgIpc) is 3.23. The van der Waals surface area contributed by atoms with E-state index < -0.39 is 0 Å². The molecule has 0 radical (unpaired) electrons. The van der Waals surface area contributed by atoms with Gasteiger partial charge < -0.3 is 9.80 Å². The van der Waals surface area contributed by atoms with E-state index in [0.717, 1.165) is 30.3 Å². The van der Waals surface area contributed by atoms with Crippen LogP contribution >= 0.6 is 22.9 Å². The summed E-state index contributed by atoms with van der Waals surface area (Å²) in [5.41, 5.74) is 1.65. The molecule has 0 spiro atoms. The molecule has 0 N–H and O–H groups in total. The maximum absolute atomic E-state index is 13.1. The highest BCUT2D eigenvalue weighted by Gasteiger charge is 2.20. The van der Waals surface area contributed by atoms with Crippen LogP contribution in [0.1, 0.15) is 29.2 Å². The van der Waals surface area contributed by atoms with Crippen molar-refractivity contribution in [3.05, 3.63) is 75.6 Å². The fourth-order valence-corrected chi connectivity index (χ4v) is 3.67. The number of hydrogen-bond acceptors (Lipinski definition) is 4. The first-order valence-electron chi connectivity index (χ1n) is 8.94. The third kappa shape index (κ3) is 4.67. The fraction of sp³-hybridized carbons (Fsp3) is 0.238. The second-order valence-electron chi connectivity index (χ2n) is 6.00. The first kappa shape index (κ1) is 19.4. The number of rotatable bonds is 7. The summed E-state index contributed by atoms with van der Waals surface area (Å²) in [6.45, 7) is 6.40. The molecule has 0 unspecified atom stereocenters. The van der Waals surface area contributed by atoms with Gasteiger partial charge in [-0.3, -0.25) is 4.79 Å². The van der Waals surface area contributed by atoms with Gasteiger partial charge in [-0.05, 0) is 61.7 Å². The van der Waals surface area contributed by atoms with Gasteiger partial charge in [0.05, 0.1) is 17.1 Å². The molecule has 0 aliphatic heterocycles. The molecule has 1 aromatic carbocycles. The number of nitrogens with zero attached hydrogens (tertiary/aromatic N) is 3. The SMILES string of the molecule is CCN(CC)c1cccc(CN(C(=O)c2cccs2)c2ccc(Cl)cc2)n1. The average molecular weight is 400 g/mol. The van der Waals surface area contributed by atoms with Gasteiger partial charge in [0, 0.05) is 23.8 Å². The predicted molar refractivity (Wildman–Crippen MR) is 114 cm³/mol. The van der Waals surface area contributed by atoms with Crippen LogP contribution in [0.5, 0.6) is 0 Å². The van der Waals surface area contributed by atoms with Crippen molar-refractivity contribution >= 4 is 40.4 Å². The van der Waals surface area contributed by atoms with Crippen LogP contribution in [0.15, 0.2) is 60.0 Å². The predicted octanol–water partition coefficient (Wildman–Crippen LogP) is 5.49. The maximum Gasteiger partial charge on any atom is 0.268 e. The summed E-state index contributed by atoms with van der Waals surface area (Å²) in [6, 6.07) is 17.0. The van der Waals surface area contributed by atoms with Crippen LogP contribution < -0.4 is 9.80 Å². The van der Waals surface area contributed by atoms with Gasteiger partial charge in [0.1, 0.15) is 5.82 Å². The molecule has 3 rings (SSSR count).